The van der Waals surface area contributed by atoms with Crippen LogP contribution < -0.4 is 4.90 Å². The molecule has 0 aliphatic carbocycles. The number of aliphatic carboxylic acids is 1. The van der Waals surface area contributed by atoms with Gasteiger partial charge < -0.3 is 10.0 Å². The standard InChI is InChI=1S/C23H26Cl2N4O2/c1-13(2)20-14(3)26-19-11-18(16-7-6-15(24)10-17(16)25)27-29(19)21(20)28-9-5-8-23(4,12-28)22(30)31/h6-7,10-11,13H,5,8-9,12H2,1-4H3,(H,30,31). The molecule has 31 heavy (non-hydrogen) atoms. The molecule has 0 radical (unpaired) electrons. The fourth-order valence-corrected chi connectivity index (χ4v) is 5.02. The Bertz CT molecular complexity index is 1170. The molecule has 3 aromatic rings. The van der Waals surface area contributed by atoms with E-state index in [2.05, 4.69) is 18.7 Å². The number of carbonyl (C=O) groups is 1. The average molecular weight is 461 g/mol. The topological polar surface area (TPSA) is 70.7 Å². The number of anilines is 1. The van der Waals surface area contributed by atoms with Crippen LogP contribution in [0.2, 0.25) is 10.0 Å². The van der Waals surface area contributed by atoms with Crippen molar-refractivity contribution in [2.75, 3.05) is 18.0 Å². The molecule has 164 valence electrons. The van der Waals surface area contributed by atoms with E-state index in [9.17, 15) is 9.90 Å². The number of benzene rings is 1. The summed E-state index contributed by atoms with van der Waals surface area (Å²) in [6.45, 7) is 9.28. The number of halogens is 2. The highest BCUT2D eigenvalue weighted by atomic mass is 35.5. The summed E-state index contributed by atoms with van der Waals surface area (Å²) in [6.07, 6.45) is 1.47. The van der Waals surface area contributed by atoms with Gasteiger partial charge in [0.15, 0.2) is 5.65 Å². The van der Waals surface area contributed by atoms with Crippen LogP contribution in [0.4, 0.5) is 5.82 Å². The monoisotopic (exact) mass is 460 g/mol. The fourth-order valence-electron chi connectivity index (χ4n) is 4.52. The van der Waals surface area contributed by atoms with Gasteiger partial charge in [0.1, 0.15) is 5.82 Å². The number of nitrogens with zero attached hydrogens (tertiary/aromatic N) is 4. The summed E-state index contributed by atoms with van der Waals surface area (Å²) in [7, 11) is 0. The van der Waals surface area contributed by atoms with E-state index in [0.29, 0.717) is 34.4 Å². The van der Waals surface area contributed by atoms with Gasteiger partial charge >= 0.3 is 5.97 Å². The quantitative estimate of drug-likeness (QED) is 0.530. The number of aryl methyl sites for hydroxylation is 1. The lowest BCUT2D eigenvalue weighted by Gasteiger charge is -2.40. The normalized spacial score (nSPS) is 19.4. The Hall–Kier alpha value is -2.31. The van der Waals surface area contributed by atoms with Crippen molar-refractivity contribution in [3.63, 3.8) is 0 Å². The molecule has 0 amide bonds. The van der Waals surface area contributed by atoms with E-state index in [4.69, 9.17) is 33.3 Å². The van der Waals surface area contributed by atoms with Crippen LogP contribution in [0.15, 0.2) is 24.3 Å². The van der Waals surface area contributed by atoms with Gasteiger partial charge in [-0.05, 0) is 50.8 Å². The third-order valence-corrected chi connectivity index (χ3v) is 6.65. The van der Waals surface area contributed by atoms with Crippen LogP contribution in [0.3, 0.4) is 0 Å². The Labute approximate surface area is 191 Å². The molecular formula is C23H26Cl2N4O2. The number of carboxylic acid groups (broad SMARTS) is 1. The van der Waals surface area contributed by atoms with Gasteiger partial charge in [0, 0.05) is 41.0 Å². The first-order chi connectivity index (χ1) is 14.6. The number of fused-ring (bicyclic) bond motifs is 1. The van der Waals surface area contributed by atoms with Gasteiger partial charge in [0.05, 0.1) is 16.1 Å². The summed E-state index contributed by atoms with van der Waals surface area (Å²) < 4.78 is 1.84. The van der Waals surface area contributed by atoms with Crippen molar-refractivity contribution in [1.82, 2.24) is 14.6 Å². The van der Waals surface area contributed by atoms with E-state index in [1.807, 2.05) is 30.5 Å². The number of aromatic nitrogens is 3. The zero-order valence-electron chi connectivity index (χ0n) is 18.1. The third-order valence-electron chi connectivity index (χ3n) is 6.10. The first-order valence-corrected chi connectivity index (χ1v) is 11.2. The van der Waals surface area contributed by atoms with E-state index < -0.39 is 11.4 Å². The second kappa shape index (κ2) is 7.99. The predicted molar refractivity (Wildman–Crippen MR) is 124 cm³/mol. The van der Waals surface area contributed by atoms with E-state index in [1.54, 1.807) is 12.1 Å². The molecule has 1 N–H and O–H groups in total. The number of piperidine rings is 1. The van der Waals surface area contributed by atoms with Crippen LogP contribution in [0.25, 0.3) is 16.9 Å². The molecule has 0 spiro atoms. The van der Waals surface area contributed by atoms with E-state index >= 15 is 0 Å². The Kier molecular flexibility index (Phi) is 5.64. The van der Waals surface area contributed by atoms with Gasteiger partial charge in [-0.15, -0.1) is 0 Å². The van der Waals surface area contributed by atoms with Crippen LogP contribution in [0.5, 0.6) is 0 Å². The highest BCUT2D eigenvalue weighted by Gasteiger charge is 2.39. The lowest BCUT2D eigenvalue weighted by Crippen LogP contribution is -2.47. The van der Waals surface area contributed by atoms with Crippen molar-refractivity contribution in [2.45, 2.75) is 46.5 Å². The molecular weight excluding hydrogens is 435 g/mol. The summed E-state index contributed by atoms with van der Waals surface area (Å²) in [6, 6.07) is 7.25. The Morgan fingerprint density at radius 2 is 2.00 bits per heavy atom. The molecule has 0 bridgehead atoms. The minimum atomic E-state index is -0.800. The summed E-state index contributed by atoms with van der Waals surface area (Å²) in [5.41, 5.74) is 3.40. The second-order valence-corrected chi connectivity index (χ2v) is 9.75. The molecule has 2 aromatic heterocycles. The van der Waals surface area contributed by atoms with Gasteiger partial charge in [-0.2, -0.15) is 9.61 Å². The molecule has 4 rings (SSSR count). The maximum Gasteiger partial charge on any atom is 0.311 e. The zero-order chi connectivity index (χ0) is 22.5. The van der Waals surface area contributed by atoms with Crippen LogP contribution in [0.1, 0.15) is 50.8 Å². The third kappa shape index (κ3) is 3.87. The lowest BCUT2D eigenvalue weighted by molar-refractivity contribution is -0.148. The molecule has 0 saturated carbocycles. The fraction of sp³-hybridized carbons (Fsp3) is 0.435. The highest BCUT2D eigenvalue weighted by molar-refractivity contribution is 6.36. The minimum Gasteiger partial charge on any atom is -0.481 e. The number of hydrogen-bond donors (Lipinski definition) is 1. The van der Waals surface area contributed by atoms with E-state index in [0.717, 1.165) is 35.6 Å². The Morgan fingerprint density at radius 3 is 2.65 bits per heavy atom. The molecule has 8 heteroatoms. The SMILES string of the molecule is Cc1nc2cc(-c3ccc(Cl)cc3Cl)nn2c(N2CCCC(C)(C(=O)O)C2)c1C(C)C. The maximum atomic E-state index is 12.0. The van der Waals surface area contributed by atoms with Crippen molar-refractivity contribution < 1.29 is 9.90 Å². The molecule has 1 unspecified atom stereocenters. The zero-order valence-corrected chi connectivity index (χ0v) is 19.6. The van der Waals surface area contributed by atoms with E-state index in [-0.39, 0.29) is 5.92 Å². The van der Waals surface area contributed by atoms with E-state index in [1.165, 1.54) is 0 Å². The summed E-state index contributed by atoms with van der Waals surface area (Å²) in [4.78, 5) is 18.9. The van der Waals surface area contributed by atoms with Gasteiger partial charge in [-0.25, -0.2) is 4.98 Å². The van der Waals surface area contributed by atoms with Gasteiger partial charge in [0.25, 0.3) is 0 Å². The van der Waals surface area contributed by atoms with Crippen LogP contribution in [-0.4, -0.2) is 38.8 Å². The molecule has 1 saturated heterocycles. The van der Waals surface area contributed by atoms with Crippen molar-refractivity contribution in [1.29, 1.82) is 0 Å². The summed E-state index contributed by atoms with van der Waals surface area (Å²) >= 11 is 12.5. The largest absolute Gasteiger partial charge is 0.481 e. The molecule has 1 fully saturated rings. The number of carboxylic acids is 1. The maximum absolute atomic E-state index is 12.0. The minimum absolute atomic E-state index is 0.205. The Balaban J connectivity index is 1.93. The number of hydrogen-bond acceptors (Lipinski definition) is 4. The highest BCUT2D eigenvalue weighted by Crippen LogP contribution is 2.38. The smallest absolute Gasteiger partial charge is 0.311 e. The first-order valence-electron chi connectivity index (χ1n) is 10.4. The molecule has 1 aliphatic rings. The van der Waals surface area contributed by atoms with Crippen molar-refractivity contribution in [3.05, 3.63) is 45.6 Å². The lowest BCUT2D eigenvalue weighted by atomic mass is 9.81. The summed E-state index contributed by atoms with van der Waals surface area (Å²) in [5.74, 6) is 0.358. The van der Waals surface area contributed by atoms with Crippen molar-refractivity contribution >= 4 is 40.6 Å². The van der Waals surface area contributed by atoms with Gasteiger partial charge in [-0.1, -0.05) is 37.0 Å². The van der Waals surface area contributed by atoms with Gasteiger partial charge in [0.2, 0.25) is 0 Å². The van der Waals surface area contributed by atoms with Crippen LogP contribution in [-0.2, 0) is 4.79 Å². The summed E-state index contributed by atoms with van der Waals surface area (Å²) in [5, 5.41) is 15.8. The average Bonchev–Trinajstić information content (AvgIpc) is 3.09. The van der Waals surface area contributed by atoms with Crippen molar-refractivity contribution in [2.24, 2.45) is 5.41 Å². The molecule has 6 nitrogen and oxygen atoms in total. The molecule has 1 aromatic carbocycles. The van der Waals surface area contributed by atoms with Crippen LogP contribution in [0, 0.1) is 12.3 Å². The number of rotatable bonds is 4. The van der Waals surface area contributed by atoms with Gasteiger partial charge in [-0.3, -0.25) is 4.79 Å². The molecule has 3 heterocycles. The second-order valence-electron chi connectivity index (χ2n) is 8.90. The first kappa shape index (κ1) is 21.9. The Morgan fingerprint density at radius 1 is 1.26 bits per heavy atom. The predicted octanol–water partition coefficient (Wildman–Crippen LogP) is 5.83. The van der Waals surface area contributed by atoms with Crippen molar-refractivity contribution in [3.8, 4) is 11.3 Å². The van der Waals surface area contributed by atoms with Crippen LogP contribution >= 0.6 is 23.2 Å². The molecule has 1 aliphatic heterocycles. The molecule has 1 atom stereocenters.